The van der Waals surface area contributed by atoms with Crippen molar-refractivity contribution in [1.29, 1.82) is 5.26 Å². The first-order valence-corrected chi connectivity index (χ1v) is 4.71. The van der Waals surface area contributed by atoms with Gasteiger partial charge in [0.15, 0.2) is 0 Å². The molecule has 0 spiro atoms. The molecule has 1 rings (SSSR count). The van der Waals surface area contributed by atoms with Crippen LogP contribution in [0.3, 0.4) is 0 Å². The number of nitriles is 1. The molecule has 1 unspecified atom stereocenters. The van der Waals surface area contributed by atoms with E-state index in [1.807, 2.05) is 6.07 Å². The predicted molar refractivity (Wildman–Crippen MR) is 54.5 cm³/mol. The molecule has 0 fully saturated rings. The van der Waals surface area contributed by atoms with Gasteiger partial charge < -0.3 is 10.4 Å². The monoisotopic (exact) mass is 208 g/mol. The molecule has 2 N–H and O–H groups in total. The minimum atomic E-state index is -0.455. The fourth-order valence-electron chi connectivity index (χ4n) is 1.23. The number of hydrogen-bond acceptors (Lipinski definition) is 3. The summed E-state index contributed by atoms with van der Waals surface area (Å²) in [6.07, 6.45) is -0.455. The summed E-state index contributed by atoms with van der Waals surface area (Å²) in [5.74, 6) is -0.358. The minimum Gasteiger partial charge on any atom is -0.392 e. The van der Waals surface area contributed by atoms with E-state index < -0.39 is 6.10 Å². The maximum Gasteiger partial charge on any atom is 0.123 e. The Morgan fingerprint density at radius 1 is 1.60 bits per heavy atom. The third kappa shape index (κ3) is 3.66. The van der Waals surface area contributed by atoms with Crippen LogP contribution in [0.2, 0.25) is 0 Å². The lowest BCUT2D eigenvalue weighted by atomic mass is 10.1. The van der Waals surface area contributed by atoms with Crippen LogP contribution in [0.4, 0.5) is 4.39 Å². The molecule has 1 aromatic carbocycles. The van der Waals surface area contributed by atoms with Gasteiger partial charge in [0, 0.05) is 13.1 Å². The number of nitrogens with one attached hydrogen (secondary N) is 1. The summed E-state index contributed by atoms with van der Waals surface area (Å²) < 4.78 is 12.9. The molecular formula is C11H13FN2O. The zero-order chi connectivity index (χ0) is 11.3. The first-order chi connectivity index (χ1) is 7.13. The third-order valence-electron chi connectivity index (χ3n) is 1.94. The summed E-state index contributed by atoms with van der Waals surface area (Å²) in [6, 6.07) is 6.03. The van der Waals surface area contributed by atoms with Crippen LogP contribution in [0.25, 0.3) is 0 Å². The summed E-state index contributed by atoms with van der Waals surface area (Å²) in [4.78, 5) is 0. The van der Waals surface area contributed by atoms with Gasteiger partial charge in [-0.3, -0.25) is 0 Å². The molecule has 0 saturated carbocycles. The van der Waals surface area contributed by atoms with E-state index in [4.69, 9.17) is 10.4 Å². The van der Waals surface area contributed by atoms with Crippen molar-refractivity contribution in [1.82, 2.24) is 5.32 Å². The molecular weight excluding hydrogens is 195 g/mol. The van der Waals surface area contributed by atoms with Crippen molar-refractivity contribution in [2.75, 3.05) is 6.54 Å². The van der Waals surface area contributed by atoms with Gasteiger partial charge in [-0.15, -0.1) is 0 Å². The highest BCUT2D eigenvalue weighted by atomic mass is 19.1. The van der Waals surface area contributed by atoms with Crippen LogP contribution in [0.1, 0.15) is 18.1 Å². The van der Waals surface area contributed by atoms with Gasteiger partial charge in [-0.2, -0.15) is 5.26 Å². The summed E-state index contributed by atoms with van der Waals surface area (Å²) in [6.45, 7) is 2.46. The fraction of sp³-hybridized carbons (Fsp3) is 0.364. The van der Waals surface area contributed by atoms with Gasteiger partial charge in [0.25, 0.3) is 0 Å². The highest BCUT2D eigenvalue weighted by Gasteiger charge is 2.03. The molecule has 80 valence electrons. The molecule has 0 bridgehead atoms. The van der Waals surface area contributed by atoms with Gasteiger partial charge in [-0.25, -0.2) is 4.39 Å². The van der Waals surface area contributed by atoms with Crippen LogP contribution in [0.15, 0.2) is 18.2 Å². The predicted octanol–water partition coefficient (Wildman–Crippen LogP) is 1.17. The van der Waals surface area contributed by atoms with Crippen molar-refractivity contribution in [2.45, 2.75) is 19.6 Å². The van der Waals surface area contributed by atoms with Gasteiger partial charge in [-0.1, -0.05) is 0 Å². The Morgan fingerprint density at radius 3 is 2.93 bits per heavy atom. The number of halogens is 1. The zero-order valence-corrected chi connectivity index (χ0v) is 8.50. The summed E-state index contributed by atoms with van der Waals surface area (Å²) in [5, 5.41) is 20.7. The number of rotatable bonds is 4. The molecule has 0 aromatic heterocycles. The average Bonchev–Trinajstić information content (AvgIpc) is 2.17. The fourth-order valence-corrected chi connectivity index (χ4v) is 1.23. The molecule has 0 aliphatic rings. The van der Waals surface area contributed by atoms with E-state index >= 15 is 0 Å². The quantitative estimate of drug-likeness (QED) is 0.780. The van der Waals surface area contributed by atoms with Gasteiger partial charge >= 0.3 is 0 Å². The summed E-state index contributed by atoms with van der Waals surface area (Å²) in [5.41, 5.74) is 1.06. The number of aliphatic hydroxyl groups excluding tert-OH is 1. The highest BCUT2D eigenvalue weighted by molar-refractivity contribution is 5.37. The lowest BCUT2D eigenvalue weighted by Gasteiger charge is -2.08. The van der Waals surface area contributed by atoms with Crippen LogP contribution < -0.4 is 5.32 Å². The van der Waals surface area contributed by atoms with Gasteiger partial charge in [0.2, 0.25) is 0 Å². The second-order valence-electron chi connectivity index (χ2n) is 3.39. The molecule has 1 atom stereocenters. The molecule has 0 aliphatic heterocycles. The highest BCUT2D eigenvalue weighted by Crippen LogP contribution is 2.09. The molecule has 0 aliphatic carbocycles. The van der Waals surface area contributed by atoms with Crippen LogP contribution in [-0.4, -0.2) is 17.8 Å². The van der Waals surface area contributed by atoms with E-state index in [9.17, 15) is 4.39 Å². The Morgan fingerprint density at radius 2 is 2.33 bits per heavy atom. The Bertz CT molecular complexity index is 371. The second-order valence-corrected chi connectivity index (χ2v) is 3.39. The maximum absolute atomic E-state index is 12.9. The topological polar surface area (TPSA) is 56.0 Å². The first kappa shape index (κ1) is 11.6. The van der Waals surface area contributed by atoms with E-state index in [-0.39, 0.29) is 5.82 Å². The zero-order valence-electron chi connectivity index (χ0n) is 8.50. The third-order valence-corrected chi connectivity index (χ3v) is 1.94. The molecule has 1 aromatic rings. The van der Waals surface area contributed by atoms with Crippen LogP contribution in [-0.2, 0) is 6.54 Å². The normalized spacial score (nSPS) is 12.1. The first-order valence-electron chi connectivity index (χ1n) is 4.71. The summed E-state index contributed by atoms with van der Waals surface area (Å²) in [7, 11) is 0. The average molecular weight is 208 g/mol. The van der Waals surface area contributed by atoms with Crippen molar-refractivity contribution < 1.29 is 9.50 Å². The van der Waals surface area contributed by atoms with Crippen molar-refractivity contribution in [2.24, 2.45) is 0 Å². The molecule has 4 heteroatoms. The molecule has 0 radical (unpaired) electrons. The maximum atomic E-state index is 12.9. The van der Waals surface area contributed by atoms with Gasteiger partial charge in [-0.05, 0) is 30.7 Å². The number of aliphatic hydroxyl groups is 1. The standard InChI is InChI=1S/C11H13FN2O/c1-8(15)6-14-7-10-4-11(12)3-2-9(10)5-13/h2-4,8,14-15H,6-7H2,1H3. The van der Waals surface area contributed by atoms with Crippen molar-refractivity contribution >= 4 is 0 Å². The van der Waals surface area contributed by atoms with Crippen molar-refractivity contribution in [3.05, 3.63) is 35.1 Å². The number of hydrogen-bond donors (Lipinski definition) is 2. The SMILES string of the molecule is CC(O)CNCc1cc(F)ccc1C#N. The summed E-state index contributed by atoms with van der Waals surface area (Å²) >= 11 is 0. The van der Waals surface area contributed by atoms with E-state index in [2.05, 4.69) is 5.32 Å². The van der Waals surface area contributed by atoms with E-state index in [1.165, 1.54) is 18.2 Å². The lowest BCUT2D eigenvalue weighted by Crippen LogP contribution is -2.24. The van der Waals surface area contributed by atoms with Crippen molar-refractivity contribution in [3.63, 3.8) is 0 Å². The molecule has 0 amide bonds. The molecule has 3 nitrogen and oxygen atoms in total. The van der Waals surface area contributed by atoms with Crippen LogP contribution >= 0.6 is 0 Å². The number of nitrogens with zero attached hydrogens (tertiary/aromatic N) is 1. The van der Waals surface area contributed by atoms with Crippen LogP contribution in [0.5, 0.6) is 0 Å². The molecule has 0 heterocycles. The number of benzene rings is 1. The minimum absolute atomic E-state index is 0.358. The Balaban J connectivity index is 2.67. The molecule has 0 saturated heterocycles. The lowest BCUT2D eigenvalue weighted by molar-refractivity contribution is 0.191. The second kappa shape index (κ2) is 5.44. The van der Waals surface area contributed by atoms with E-state index in [1.54, 1.807) is 6.92 Å². The van der Waals surface area contributed by atoms with Gasteiger partial charge in [0.1, 0.15) is 5.82 Å². The smallest absolute Gasteiger partial charge is 0.123 e. The van der Waals surface area contributed by atoms with Gasteiger partial charge in [0.05, 0.1) is 17.7 Å². The van der Waals surface area contributed by atoms with E-state index in [0.717, 1.165) is 0 Å². The Hall–Kier alpha value is -1.44. The van der Waals surface area contributed by atoms with E-state index in [0.29, 0.717) is 24.2 Å². The Kier molecular flexibility index (Phi) is 4.22. The largest absolute Gasteiger partial charge is 0.392 e. The Labute approximate surface area is 88.2 Å². The van der Waals surface area contributed by atoms with Crippen LogP contribution in [0, 0.1) is 17.1 Å². The molecule has 15 heavy (non-hydrogen) atoms. The van der Waals surface area contributed by atoms with Crippen molar-refractivity contribution in [3.8, 4) is 6.07 Å².